The summed E-state index contributed by atoms with van der Waals surface area (Å²) in [6.07, 6.45) is 1.54. The first-order valence-corrected chi connectivity index (χ1v) is 7.42. The van der Waals surface area contributed by atoms with Gasteiger partial charge in [0.05, 0.1) is 29.0 Å². The number of quaternary nitrogens is 1. The molecule has 0 bridgehead atoms. The van der Waals surface area contributed by atoms with E-state index in [4.69, 9.17) is 39.5 Å². The number of carbonyl (C=O) groups is 1. The number of esters is 1. The molecule has 8 heteroatoms. The van der Waals surface area contributed by atoms with Crippen molar-refractivity contribution in [1.29, 1.82) is 0 Å². The summed E-state index contributed by atoms with van der Waals surface area (Å²) in [7, 11) is 3.82. The van der Waals surface area contributed by atoms with E-state index < -0.39 is 0 Å². The summed E-state index contributed by atoms with van der Waals surface area (Å²) < 4.78 is 5.84. The number of hydrogen-bond acceptors (Lipinski definition) is 3. The SMILES string of the molecule is C=CCOC(=O)C[N+](C)(C)Cc1sc(Cl)c(Cl)c1Cl.[I-]. The van der Waals surface area contributed by atoms with Crippen LogP contribution in [0.3, 0.4) is 0 Å². The van der Waals surface area contributed by atoms with Crippen LogP contribution in [0.25, 0.3) is 0 Å². The van der Waals surface area contributed by atoms with Crippen LogP contribution in [-0.4, -0.2) is 37.7 Å². The first-order valence-electron chi connectivity index (χ1n) is 5.47. The van der Waals surface area contributed by atoms with Gasteiger partial charge in [-0.1, -0.05) is 47.5 Å². The summed E-state index contributed by atoms with van der Waals surface area (Å²) >= 11 is 19.3. The normalized spacial score (nSPS) is 10.8. The average molecular weight is 471 g/mol. The lowest BCUT2D eigenvalue weighted by Crippen LogP contribution is -3.00. The highest BCUT2D eigenvalue weighted by molar-refractivity contribution is 7.17. The number of ether oxygens (including phenoxy) is 1. The number of thiophene rings is 1. The van der Waals surface area contributed by atoms with Crippen molar-refractivity contribution in [2.75, 3.05) is 27.2 Å². The molecule has 0 aromatic carbocycles. The number of rotatable bonds is 6. The predicted octanol–water partition coefficient (Wildman–Crippen LogP) is 1.02. The molecule has 0 radical (unpaired) electrons. The number of nitrogens with zero attached hydrogens (tertiary/aromatic N) is 1. The van der Waals surface area contributed by atoms with Crippen LogP contribution in [-0.2, 0) is 16.1 Å². The average Bonchev–Trinajstić information content (AvgIpc) is 2.53. The highest BCUT2D eigenvalue weighted by Crippen LogP contribution is 2.41. The number of likely N-dealkylation sites (N-methyl/N-ethyl adjacent to an activating group) is 1. The fourth-order valence-corrected chi connectivity index (χ4v) is 3.55. The van der Waals surface area contributed by atoms with E-state index in [0.29, 0.717) is 25.4 Å². The van der Waals surface area contributed by atoms with Crippen LogP contribution in [0.2, 0.25) is 14.4 Å². The lowest BCUT2D eigenvalue weighted by atomic mass is 10.3. The van der Waals surface area contributed by atoms with Crippen LogP contribution < -0.4 is 24.0 Å². The van der Waals surface area contributed by atoms with Crippen molar-refractivity contribution >= 4 is 52.1 Å². The second kappa shape index (κ2) is 8.80. The molecule has 0 aliphatic carbocycles. The lowest BCUT2D eigenvalue weighted by molar-refractivity contribution is -0.896. The third-order valence-corrected chi connectivity index (χ3v) is 4.91. The van der Waals surface area contributed by atoms with Crippen molar-refractivity contribution < 1.29 is 38.0 Å². The van der Waals surface area contributed by atoms with Gasteiger partial charge in [-0.2, -0.15) is 0 Å². The van der Waals surface area contributed by atoms with Gasteiger partial charge in [-0.25, -0.2) is 4.79 Å². The third kappa shape index (κ3) is 6.07. The monoisotopic (exact) mass is 469 g/mol. The Hall–Kier alpha value is 0.470. The number of hydrogen-bond donors (Lipinski definition) is 0. The molecule has 0 fully saturated rings. The van der Waals surface area contributed by atoms with E-state index in [1.165, 1.54) is 17.4 Å². The fourth-order valence-electron chi connectivity index (χ4n) is 1.50. The quantitative estimate of drug-likeness (QED) is 0.269. The van der Waals surface area contributed by atoms with Crippen molar-refractivity contribution in [3.8, 4) is 0 Å². The number of carbonyl (C=O) groups excluding carboxylic acids is 1. The zero-order valence-electron chi connectivity index (χ0n) is 11.1. The molecule has 0 N–H and O–H groups in total. The van der Waals surface area contributed by atoms with Crippen LogP contribution in [0.4, 0.5) is 0 Å². The van der Waals surface area contributed by atoms with Gasteiger partial charge >= 0.3 is 5.97 Å². The van der Waals surface area contributed by atoms with E-state index in [2.05, 4.69) is 6.58 Å². The first-order chi connectivity index (χ1) is 8.76. The molecular weight excluding hydrogens is 455 g/mol. The lowest BCUT2D eigenvalue weighted by Gasteiger charge is -2.28. The minimum atomic E-state index is -0.283. The highest BCUT2D eigenvalue weighted by atomic mass is 127. The van der Waals surface area contributed by atoms with E-state index in [1.54, 1.807) is 0 Å². The van der Waals surface area contributed by atoms with Crippen molar-refractivity contribution in [3.05, 3.63) is 31.9 Å². The standard InChI is InChI=1S/C12H15Cl3NO2S.HI/c1-4-5-18-9(17)7-16(2,3)6-8-10(13)11(14)12(15)19-8;/h4H,1,5-7H2,2-3H3;1H/q+1;/p-1. The molecule has 1 aromatic heterocycles. The number of halogens is 4. The largest absolute Gasteiger partial charge is 1.00 e. The maximum Gasteiger partial charge on any atom is 0.362 e. The summed E-state index contributed by atoms with van der Waals surface area (Å²) in [5.74, 6) is -0.283. The van der Waals surface area contributed by atoms with Gasteiger partial charge in [0.2, 0.25) is 0 Å². The Balaban J connectivity index is 0.00000361. The maximum atomic E-state index is 11.6. The topological polar surface area (TPSA) is 26.3 Å². The summed E-state index contributed by atoms with van der Waals surface area (Å²) in [4.78, 5) is 12.5. The highest BCUT2D eigenvalue weighted by Gasteiger charge is 2.25. The molecule has 1 heterocycles. The van der Waals surface area contributed by atoms with Gasteiger partial charge in [-0.05, 0) is 0 Å². The fraction of sp³-hybridized carbons (Fsp3) is 0.417. The summed E-state index contributed by atoms with van der Waals surface area (Å²) in [6, 6.07) is 0. The van der Waals surface area contributed by atoms with E-state index in [-0.39, 0.29) is 43.1 Å². The summed E-state index contributed by atoms with van der Waals surface area (Å²) in [5.41, 5.74) is 0. The Kier molecular flexibility index (Phi) is 9.01. The van der Waals surface area contributed by atoms with Crippen LogP contribution in [0.5, 0.6) is 0 Å². The molecular formula is C12H15Cl3INO2S. The Morgan fingerprint density at radius 1 is 1.35 bits per heavy atom. The second-order valence-electron chi connectivity index (χ2n) is 4.65. The molecule has 0 aliphatic heterocycles. The molecule has 0 spiro atoms. The third-order valence-electron chi connectivity index (χ3n) is 2.31. The van der Waals surface area contributed by atoms with E-state index in [0.717, 1.165) is 4.88 Å². The van der Waals surface area contributed by atoms with Gasteiger partial charge in [0.15, 0.2) is 6.54 Å². The molecule has 0 amide bonds. The molecule has 0 saturated carbocycles. The smallest absolute Gasteiger partial charge is 0.362 e. The van der Waals surface area contributed by atoms with E-state index >= 15 is 0 Å². The Morgan fingerprint density at radius 2 is 1.95 bits per heavy atom. The first kappa shape index (κ1) is 20.5. The molecule has 0 atom stereocenters. The molecule has 114 valence electrons. The zero-order valence-corrected chi connectivity index (χ0v) is 16.3. The minimum Gasteiger partial charge on any atom is -1.00 e. The minimum absolute atomic E-state index is 0. The molecule has 1 rings (SSSR count). The molecule has 1 aromatic rings. The van der Waals surface area contributed by atoms with E-state index in [1.807, 2.05) is 14.1 Å². The van der Waals surface area contributed by atoms with Crippen LogP contribution in [0, 0.1) is 0 Å². The van der Waals surface area contributed by atoms with Crippen molar-refractivity contribution in [2.24, 2.45) is 0 Å². The second-order valence-corrected chi connectivity index (χ2v) is 7.11. The van der Waals surface area contributed by atoms with Crippen LogP contribution in [0.15, 0.2) is 12.7 Å². The van der Waals surface area contributed by atoms with Gasteiger partial charge < -0.3 is 33.2 Å². The van der Waals surface area contributed by atoms with Crippen LogP contribution in [0.1, 0.15) is 4.88 Å². The van der Waals surface area contributed by atoms with Crippen molar-refractivity contribution in [1.82, 2.24) is 0 Å². The molecule has 20 heavy (non-hydrogen) atoms. The summed E-state index contributed by atoms with van der Waals surface area (Å²) in [5, 5.41) is 0.833. The maximum absolute atomic E-state index is 11.6. The van der Waals surface area contributed by atoms with Gasteiger partial charge in [0, 0.05) is 0 Å². The van der Waals surface area contributed by atoms with Crippen LogP contribution >= 0.6 is 46.1 Å². The van der Waals surface area contributed by atoms with Gasteiger partial charge in [-0.15, -0.1) is 11.3 Å². The Labute approximate surface area is 155 Å². The van der Waals surface area contributed by atoms with Gasteiger partial charge in [-0.3, -0.25) is 0 Å². The Bertz CT molecular complexity index is 491. The molecule has 0 unspecified atom stereocenters. The zero-order chi connectivity index (χ0) is 14.6. The van der Waals surface area contributed by atoms with Crippen molar-refractivity contribution in [2.45, 2.75) is 6.54 Å². The summed E-state index contributed by atoms with van der Waals surface area (Å²) in [6.45, 7) is 4.50. The molecule has 0 aliphatic rings. The van der Waals surface area contributed by atoms with Crippen molar-refractivity contribution in [3.63, 3.8) is 0 Å². The van der Waals surface area contributed by atoms with E-state index in [9.17, 15) is 4.79 Å². The molecule has 0 saturated heterocycles. The molecule has 3 nitrogen and oxygen atoms in total. The Morgan fingerprint density at radius 3 is 2.40 bits per heavy atom. The predicted molar refractivity (Wildman–Crippen MR) is 81.2 cm³/mol. The van der Waals surface area contributed by atoms with Gasteiger partial charge in [0.25, 0.3) is 0 Å². The van der Waals surface area contributed by atoms with Gasteiger partial charge in [0.1, 0.15) is 17.5 Å².